The molecular formula is C15H11BrCl2O. The molecule has 0 spiro atoms. The normalized spacial score (nSPS) is 15.3. The topological polar surface area (TPSA) is 9.23 Å². The second kappa shape index (κ2) is 5.45. The standard InChI is InChI=1S/C15H11BrCl2O/c16-15(10-3-4-13(17)14(18)6-10)9-1-2-11-7-19-8-12(11)5-9/h1-6,15H,7-8H2. The zero-order valence-electron chi connectivity index (χ0n) is 10.00. The van der Waals surface area contributed by atoms with Crippen LogP contribution in [0.1, 0.15) is 27.1 Å². The van der Waals surface area contributed by atoms with Crippen molar-refractivity contribution in [1.82, 2.24) is 0 Å². The summed E-state index contributed by atoms with van der Waals surface area (Å²) >= 11 is 15.7. The number of fused-ring (bicyclic) bond motifs is 1. The average molecular weight is 358 g/mol. The van der Waals surface area contributed by atoms with E-state index >= 15 is 0 Å². The lowest BCUT2D eigenvalue weighted by Gasteiger charge is -2.13. The predicted molar refractivity (Wildman–Crippen MR) is 82.2 cm³/mol. The van der Waals surface area contributed by atoms with Gasteiger partial charge in [-0.3, -0.25) is 0 Å². The van der Waals surface area contributed by atoms with Crippen molar-refractivity contribution >= 4 is 39.1 Å². The van der Waals surface area contributed by atoms with Crippen molar-refractivity contribution in [3.63, 3.8) is 0 Å². The van der Waals surface area contributed by atoms with Crippen LogP contribution in [0.3, 0.4) is 0 Å². The van der Waals surface area contributed by atoms with E-state index < -0.39 is 0 Å². The van der Waals surface area contributed by atoms with Gasteiger partial charge in [0.05, 0.1) is 28.1 Å². The van der Waals surface area contributed by atoms with Crippen molar-refractivity contribution in [3.8, 4) is 0 Å². The van der Waals surface area contributed by atoms with Gasteiger partial charge in [0.2, 0.25) is 0 Å². The number of hydrogen-bond acceptors (Lipinski definition) is 1. The average Bonchev–Trinajstić information content (AvgIpc) is 2.88. The Bertz CT molecular complexity index is 628. The van der Waals surface area contributed by atoms with Crippen LogP contribution in [-0.2, 0) is 18.0 Å². The van der Waals surface area contributed by atoms with E-state index in [4.69, 9.17) is 27.9 Å². The van der Waals surface area contributed by atoms with Gasteiger partial charge in [-0.05, 0) is 34.4 Å². The molecule has 0 radical (unpaired) electrons. The molecule has 1 heterocycles. The zero-order chi connectivity index (χ0) is 13.4. The summed E-state index contributed by atoms with van der Waals surface area (Å²) in [7, 11) is 0. The van der Waals surface area contributed by atoms with Crippen molar-refractivity contribution in [2.45, 2.75) is 18.0 Å². The van der Waals surface area contributed by atoms with E-state index in [2.05, 4.69) is 34.1 Å². The van der Waals surface area contributed by atoms with E-state index in [0.29, 0.717) is 16.7 Å². The van der Waals surface area contributed by atoms with Gasteiger partial charge in [-0.1, -0.05) is 63.4 Å². The first-order chi connectivity index (χ1) is 9.15. The van der Waals surface area contributed by atoms with Crippen LogP contribution in [0.2, 0.25) is 10.0 Å². The van der Waals surface area contributed by atoms with Crippen LogP contribution in [0, 0.1) is 0 Å². The van der Waals surface area contributed by atoms with Gasteiger partial charge in [0, 0.05) is 0 Å². The molecule has 1 atom stereocenters. The Morgan fingerprint density at radius 1 is 0.895 bits per heavy atom. The van der Waals surface area contributed by atoms with Crippen LogP contribution in [0.5, 0.6) is 0 Å². The van der Waals surface area contributed by atoms with Crippen LogP contribution in [0.15, 0.2) is 36.4 Å². The molecule has 0 aliphatic carbocycles. The van der Waals surface area contributed by atoms with E-state index in [1.807, 2.05) is 18.2 Å². The van der Waals surface area contributed by atoms with Gasteiger partial charge in [-0.15, -0.1) is 0 Å². The summed E-state index contributed by atoms with van der Waals surface area (Å²) in [6.45, 7) is 1.42. The van der Waals surface area contributed by atoms with E-state index in [1.54, 1.807) is 0 Å². The Kier molecular flexibility index (Phi) is 3.86. The molecule has 2 aromatic carbocycles. The van der Waals surface area contributed by atoms with E-state index in [9.17, 15) is 0 Å². The molecule has 0 saturated heterocycles. The Morgan fingerprint density at radius 3 is 2.37 bits per heavy atom. The van der Waals surface area contributed by atoms with Crippen molar-refractivity contribution in [2.75, 3.05) is 0 Å². The van der Waals surface area contributed by atoms with Gasteiger partial charge in [0.1, 0.15) is 0 Å². The first-order valence-corrected chi connectivity index (χ1v) is 7.61. The van der Waals surface area contributed by atoms with Gasteiger partial charge in [0.15, 0.2) is 0 Å². The van der Waals surface area contributed by atoms with Crippen molar-refractivity contribution in [3.05, 3.63) is 68.7 Å². The second-order valence-electron chi connectivity index (χ2n) is 4.56. The molecule has 19 heavy (non-hydrogen) atoms. The highest BCUT2D eigenvalue weighted by Gasteiger charge is 2.16. The summed E-state index contributed by atoms with van der Waals surface area (Å²) in [5.74, 6) is 0. The second-order valence-corrected chi connectivity index (χ2v) is 6.29. The van der Waals surface area contributed by atoms with Gasteiger partial charge >= 0.3 is 0 Å². The minimum Gasteiger partial charge on any atom is -0.372 e. The highest BCUT2D eigenvalue weighted by Crippen LogP contribution is 2.35. The van der Waals surface area contributed by atoms with Crippen LogP contribution >= 0.6 is 39.1 Å². The van der Waals surface area contributed by atoms with Crippen LogP contribution in [-0.4, -0.2) is 0 Å². The van der Waals surface area contributed by atoms with Crippen LogP contribution < -0.4 is 0 Å². The minimum atomic E-state index is 0.105. The molecule has 98 valence electrons. The molecule has 0 bridgehead atoms. The molecule has 0 amide bonds. The smallest absolute Gasteiger partial charge is 0.0725 e. The largest absolute Gasteiger partial charge is 0.372 e. The van der Waals surface area contributed by atoms with E-state index in [-0.39, 0.29) is 4.83 Å². The molecule has 1 unspecified atom stereocenters. The summed E-state index contributed by atoms with van der Waals surface area (Å²) in [6.07, 6.45) is 0. The minimum absolute atomic E-state index is 0.105. The molecule has 0 fully saturated rings. The summed E-state index contributed by atoms with van der Waals surface area (Å²) in [5, 5.41) is 1.15. The highest BCUT2D eigenvalue weighted by atomic mass is 79.9. The first-order valence-electron chi connectivity index (χ1n) is 5.93. The third kappa shape index (κ3) is 2.68. The molecule has 4 heteroatoms. The molecule has 0 saturated carbocycles. The molecule has 1 aliphatic rings. The fourth-order valence-electron chi connectivity index (χ4n) is 2.21. The molecule has 1 aliphatic heterocycles. The van der Waals surface area contributed by atoms with Gasteiger partial charge in [-0.25, -0.2) is 0 Å². The first kappa shape index (κ1) is 13.4. The van der Waals surface area contributed by atoms with E-state index in [0.717, 1.165) is 12.2 Å². The summed E-state index contributed by atoms with van der Waals surface area (Å²) < 4.78 is 5.44. The molecule has 0 aromatic heterocycles. The fourth-order valence-corrected chi connectivity index (χ4v) is 3.09. The molecule has 1 nitrogen and oxygen atoms in total. The third-order valence-electron chi connectivity index (χ3n) is 3.27. The maximum Gasteiger partial charge on any atom is 0.0725 e. The van der Waals surface area contributed by atoms with Crippen molar-refractivity contribution < 1.29 is 4.74 Å². The third-order valence-corrected chi connectivity index (χ3v) is 5.07. The van der Waals surface area contributed by atoms with Gasteiger partial charge < -0.3 is 4.74 Å². The molecule has 2 aromatic rings. The van der Waals surface area contributed by atoms with Crippen LogP contribution in [0.4, 0.5) is 0 Å². The van der Waals surface area contributed by atoms with Crippen molar-refractivity contribution in [2.24, 2.45) is 0 Å². The Labute approximate surface area is 130 Å². The molecular weight excluding hydrogens is 347 g/mol. The zero-order valence-corrected chi connectivity index (χ0v) is 13.1. The Balaban J connectivity index is 1.94. The SMILES string of the molecule is Clc1ccc(C(Br)c2ccc3c(c2)COC3)cc1Cl. The van der Waals surface area contributed by atoms with Crippen LogP contribution in [0.25, 0.3) is 0 Å². The lowest BCUT2D eigenvalue weighted by atomic mass is 10.0. The number of ether oxygens (including phenoxy) is 1. The summed E-state index contributed by atoms with van der Waals surface area (Å²) in [6, 6.07) is 12.1. The summed E-state index contributed by atoms with van der Waals surface area (Å²) in [4.78, 5) is 0.105. The molecule has 3 rings (SSSR count). The number of hydrogen-bond donors (Lipinski definition) is 0. The lowest BCUT2D eigenvalue weighted by molar-refractivity contribution is 0.134. The maximum absolute atomic E-state index is 6.07. The Hall–Kier alpha value is -0.540. The number of benzene rings is 2. The highest BCUT2D eigenvalue weighted by molar-refractivity contribution is 9.09. The number of alkyl halides is 1. The summed E-state index contributed by atoms with van der Waals surface area (Å²) in [5.41, 5.74) is 4.83. The fraction of sp³-hybridized carbons (Fsp3) is 0.200. The quantitative estimate of drug-likeness (QED) is 0.644. The van der Waals surface area contributed by atoms with Gasteiger partial charge in [0.25, 0.3) is 0 Å². The predicted octanol–water partition coefficient (Wildman–Crippen LogP) is 5.51. The Morgan fingerprint density at radius 2 is 1.58 bits per heavy atom. The van der Waals surface area contributed by atoms with E-state index in [1.165, 1.54) is 16.7 Å². The number of halogens is 3. The lowest BCUT2D eigenvalue weighted by Crippen LogP contribution is -1.95. The van der Waals surface area contributed by atoms with Gasteiger partial charge in [-0.2, -0.15) is 0 Å². The number of rotatable bonds is 2. The monoisotopic (exact) mass is 356 g/mol. The van der Waals surface area contributed by atoms with Crippen molar-refractivity contribution in [1.29, 1.82) is 0 Å². The molecule has 0 N–H and O–H groups in total. The maximum atomic E-state index is 6.07.